The van der Waals surface area contributed by atoms with Crippen LogP contribution < -0.4 is 32.0 Å². The van der Waals surface area contributed by atoms with Crippen LogP contribution in [0.1, 0.15) is 55.5 Å². The van der Waals surface area contributed by atoms with Crippen LogP contribution in [0.25, 0.3) is 5.57 Å². The molecule has 4 amide bonds. The number of aromatic nitrogens is 1. The molecule has 1 spiro atoms. The number of alkyl carbamates (subject to hydrolysis) is 2. The van der Waals surface area contributed by atoms with E-state index in [1.54, 1.807) is 17.6 Å². The average molecular weight is 1090 g/mol. The van der Waals surface area contributed by atoms with Gasteiger partial charge in [-0.1, -0.05) is 24.0 Å². The van der Waals surface area contributed by atoms with Gasteiger partial charge in [0.2, 0.25) is 5.91 Å². The molecule has 0 aliphatic carbocycles. The molecular weight excluding hydrogens is 1030 g/mol. The zero-order chi connectivity index (χ0) is 56.6. The fraction of sp³-hybridized carbons (Fsp3) is 0.469. The second kappa shape index (κ2) is 24.2. The maximum absolute atomic E-state index is 16.0. The van der Waals surface area contributed by atoms with Crippen molar-refractivity contribution in [1.82, 2.24) is 31.4 Å². The number of benzene rings is 2. The summed E-state index contributed by atoms with van der Waals surface area (Å²) in [6.45, 7) is -0.298. The Hall–Kier alpha value is -7.18. The van der Waals surface area contributed by atoms with Gasteiger partial charge in [-0.05, 0) is 81.6 Å². The zero-order valence-corrected chi connectivity index (χ0v) is 41.6. The molecule has 3 heterocycles. The van der Waals surface area contributed by atoms with Gasteiger partial charge in [0.05, 0.1) is 55.8 Å². The number of nitrogens with two attached hydrogens (primary N) is 1. The summed E-state index contributed by atoms with van der Waals surface area (Å²) in [5, 5.41) is 18.3. The lowest BCUT2D eigenvalue weighted by Gasteiger charge is -2.55. The number of hydrogen-bond donors (Lipinski definition) is 6. The van der Waals surface area contributed by atoms with E-state index in [-0.39, 0.29) is 11.0 Å². The van der Waals surface area contributed by atoms with Gasteiger partial charge in [-0.2, -0.15) is 35.1 Å². The highest BCUT2D eigenvalue weighted by atomic mass is 19.4. The zero-order valence-electron chi connectivity index (χ0n) is 41.6. The Labute approximate surface area is 429 Å². The largest absolute Gasteiger partial charge is 0.453 e. The van der Waals surface area contributed by atoms with Gasteiger partial charge in [0.1, 0.15) is 29.5 Å². The molecule has 2 aliphatic rings. The number of aliphatic hydroxyl groups excluding tert-OH is 1. The third-order valence-corrected chi connectivity index (χ3v) is 12.8. The highest BCUT2D eigenvalue weighted by Gasteiger charge is 2.57. The third-order valence-electron chi connectivity index (χ3n) is 12.8. The van der Waals surface area contributed by atoms with Crippen molar-refractivity contribution in [3.63, 3.8) is 0 Å². The van der Waals surface area contributed by atoms with Crippen LogP contribution in [-0.2, 0) is 36.8 Å². The quantitative estimate of drug-likeness (QED) is 0.0279. The Morgan fingerprint density at radius 1 is 0.855 bits per heavy atom. The number of amides is 4. The van der Waals surface area contributed by atoms with E-state index < -0.39 is 126 Å². The van der Waals surface area contributed by atoms with E-state index in [1.807, 2.05) is 16.8 Å². The van der Waals surface area contributed by atoms with Crippen molar-refractivity contribution in [1.29, 1.82) is 0 Å². The number of hydrogen-bond acceptors (Lipinski definition) is 13. The summed E-state index contributed by atoms with van der Waals surface area (Å²) in [6.07, 6.45) is -13.3. The number of aliphatic imine (C=N–C) groups is 1. The number of ether oxygens (including phenoxy) is 3. The molecule has 2 aromatic carbocycles. The van der Waals surface area contributed by atoms with Crippen molar-refractivity contribution < 1.29 is 82.4 Å². The van der Waals surface area contributed by atoms with Crippen LogP contribution in [0.3, 0.4) is 0 Å². The minimum absolute atomic E-state index is 0.170. The van der Waals surface area contributed by atoms with Crippen LogP contribution in [0.4, 0.5) is 59.3 Å². The Morgan fingerprint density at radius 2 is 1.38 bits per heavy atom. The van der Waals surface area contributed by atoms with Crippen molar-refractivity contribution in [2.45, 2.75) is 83.8 Å². The van der Waals surface area contributed by atoms with Gasteiger partial charge >= 0.3 is 31.1 Å². The second-order valence-electron chi connectivity index (χ2n) is 19.1. The first kappa shape index (κ1) is 59.7. The average Bonchev–Trinajstić information content (AvgIpc) is 3.31. The number of carbonyl (C=O) groups excluding carboxylic acids is 4. The van der Waals surface area contributed by atoms with E-state index in [2.05, 4.69) is 41.5 Å². The molecular formula is C49H55F10N9O8. The van der Waals surface area contributed by atoms with E-state index in [1.165, 1.54) is 24.3 Å². The van der Waals surface area contributed by atoms with Crippen molar-refractivity contribution in [2.75, 3.05) is 52.0 Å². The van der Waals surface area contributed by atoms with Gasteiger partial charge in [-0.25, -0.2) is 33.4 Å². The molecule has 414 valence electrons. The van der Waals surface area contributed by atoms with Crippen LogP contribution in [0.15, 0.2) is 65.9 Å². The molecule has 76 heavy (non-hydrogen) atoms. The lowest BCUT2D eigenvalue weighted by Crippen LogP contribution is -2.66. The lowest BCUT2D eigenvalue weighted by molar-refractivity contribution is -0.221. The molecule has 5 rings (SSSR count). The number of halogens is 10. The van der Waals surface area contributed by atoms with E-state index in [0.29, 0.717) is 81.6 Å². The number of methoxy groups -OCH3 is 2. The predicted molar refractivity (Wildman–Crippen MR) is 254 cm³/mol. The van der Waals surface area contributed by atoms with Crippen LogP contribution in [0.5, 0.6) is 0 Å². The minimum atomic E-state index is -5.24. The Kier molecular flexibility index (Phi) is 19.0. The van der Waals surface area contributed by atoms with Gasteiger partial charge in [-0.3, -0.25) is 15.0 Å². The first-order chi connectivity index (χ1) is 35.4. The second-order valence-corrected chi connectivity index (χ2v) is 19.1. The standard InChI is InChI=1S/C49H55F10N9O8/c1-45(2,48(54,55)56)38(64-43(72)74-5)40(70)63-35(15-28-10-7-27(8-11-28)9-12-29-13-14-37(61-19-29)67-23-47(24-67)25-76-26-47)36(69)22-68(66-41(71)39(65-44(73)75-6)46(3,4)49(57,58)59)21-32-33(50)16-30(17-34(32)51)31(18-60)20-62-42(52)53/h7-8,10-11,13-14,16-20,35-36,38-39,42,69H,15,21-26,60H2,1-6H3,(H,63,70)(H,64,72)(H,65,73)(H,66,71)/t35-,36-,38+,39+/m0/s1. The number of nitrogens with one attached hydrogen (secondary N) is 4. The van der Waals surface area contributed by atoms with Gasteiger partial charge in [0, 0.05) is 67.1 Å². The molecule has 0 saturated carbocycles. The monoisotopic (exact) mass is 1090 g/mol. The third kappa shape index (κ3) is 14.6. The maximum Gasteiger partial charge on any atom is 0.407 e. The van der Waals surface area contributed by atoms with Gasteiger partial charge in [0.15, 0.2) is 0 Å². The van der Waals surface area contributed by atoms with E-state index >= 15 is 8.78 Å². The number of alkyl halides is 8. The smallest absolute Gasteiger partial charge is 0.407 e. The number of allylic oxidation sites excluding steroid dienone is 1. The molecule has 2 aliphatic heterocycles. The van der Waals surface area contributed by atoms with Crippen molar-refractivity contribution >= 4 is 41.6 Å². The number of rotatable bonds is 19. The van der Waals surface area contributed by atoms with Crippen LogP contribution >= 0.6 is 0 Å². The molecule has 3 aromatic rings. The van der Waals surface area contributed by atoms with Gasteiger partial charge in [0.25, 0.3) is 5.91 Å². The van der Waals surface area contributed by atoms with Crippen LogP contribution in [-0.4, -0.2) is 136 Å². The van der Waals surface area contributed by atoms with Crippen LogP contribution in [0.2, 0.25) is 0 Å². The van der Waals surface area contributed by atoms with Crippen LogP contribution in [0, 0.1) is 39.7 Å². The van der Waals surface area contributed by atoms with Gasteiger partial charge < -0.3 is 45.9 Å². The lowest BCUT2D eigenvalue weighted by atomic mass is 9.78. The molecule has 0 bridgehead atoms. The van der Waals surface area contributed by atoms with E-state index in [0.717, 1.165) is 33.1 Å². The number of carbonyl (C=O) groups is 4. The fourth-order valence-electron chi connectivity index (χ4n) is 7.83. The minimum Gasteiger partial charge on any atom is -0.453 e. The summed E-state index contributed by atoms with van der Waals surface area (Å²) in [5.41, 5.74) is 0.939. The predicted octanol–water partition coefficient (Wildman–Crippen LogP) is 5.74. The fourth-order valence-corrected chi connectivity index (χ4v) is 7.83. The normalized spacial score (nSPS) is 16.4. The van der Waals surface area contributed by atoms with E-state index in [9.17, 15) is 59.4 Å². The summed E-state index contributed by atoms with van der Waals surface area (Å²) >= 11 is 0. The Morgan fingerprint density at radius 3 is 1.84 bits per heavy atom. The summed E-state index contributed by atoms with van der Waals surface area (Å²) in [5.74, 6) is 0.513. The summed E-state index contributed by atoms with van der Waals surface area (Å²) in [4.78, 5) is 62.1. The number of anilines is 1. The maximum atomic E-state index is 16.0. The summed E-state index contributed by atoms with van der Waals surface area (Å²) < 4.78 is 159. The number of hydrazine groups is 1. The molecule has 1 aromatic heterocycles. The summed E-state index contributed by atoms with van der Waals surface area (Å²) in [6, 6.07) is 3.96. The van der Waals surface area contributed by atoms with Crippen molar-refractivity contribution in [2.24, 2.45) is 27.0 Å². The van der Waals surface area contributed by atoms with E-state index in [4.69, 9.17) is 10.5 Å². The topological polar surface area (TPSA) is 222 Å². The van der Waals surface area contributed by atoms with Crippen molar-refractivity contribution in [3.05, 3.63) is 100 Å². The Bertz CT molecular complexity index is 2660. The molecule has 17 nitrogen and oxygen atoms in total. The molecule has 0 unspecified atom stereocenters. The van der Waals surface area contributed by atoms with Crippen molar-refractivity contribution in [3.8, 4) is 11.8 Å². The summed E-state index contributed by atoms with van der Waals surface area (Å²) in [7, 11) is 1.58. The first-order valence-electron chi connectivity index (χ1n) is 22.9. The molecule has 2 fully saturated rings. The number of aliphatic hydroxyl groups is 1. The highest BCUT2D eigenvalue weighted by Crippen LogP contribution is 2.42. The Balaban J connectivity index is 1.52. The first-order valence-corrected chi connectivity index (χ1v) is 22.9. The molecule has 7 N–H and O–H groups in total. The SMILES string of the molecule is COC(=O)N[C@H](C(=O)N[C@@H](Cc1ccc(C#Cc2ccc(N3CC4(COC4)C3)nc2)cc1)[C@@H](O)CN(Cc1c(F)cc(C(C=NC(F)F)=CN)cc1F)NC(=O)[C@@H](NC(=O)OC)C(C)(C)C(F)(F)F)C(C)(C)C(F)(F)F. The molecule has 0 radical (unpaired) electrons. The number of pyridine rings is 1. The number of nitrogens with zero attached hydrogens (tertiary/aromatic N) is 4. The molecule has 4 atom stereocenters. The molecule has 27 heteroatoms. The molecule has 2 saturated heterocycles. The highest BCUT2D eigenvalue weighted by molar-refractivity contribution is 6.09. The van der Waals surface area contributed by atoms with Gasteiger partial charge in [-0.15, -0.1) is 0 Å².